The summed E-state index contributed by atoms with van der Waals surface area (Å²) in [6.45, 7) is 8.21. The maximum absolute atomic E-state index is 12.5. The predicted octanol–water partition coefficient (Wildman–Crippen LogP) is 2.30. The molecule has 0 saturated carbocycles. The lowest BCUT2D eigenvalue weighted by Crippen LogP contribution is -2.56. The van der Waals surface area contributed by atoms with Gasteiger partial charge in [0.05, 0.1) is 24.8 Å². The Morgan fingerprint density at radius 2 is 1.92 bits per heavy atom. The largest absolute Gasteiger partial charge is 0.378 e. The highest BCUT2D eigenvalue weighted by atomic mass is 79.9. The van der Waals surface area contributed by atoms with Crippen LogP contribution in [0.25, 0.3) is 11.0 Å². The summed E-state index contributed by atoms with van der Waals surface area (Å²) in [5.41, 5.74) is 2.86. The van der Waals surface area contributed by atoms with E-state index in [0.29, 0.717) is 26.3 Å². The number of carbonyl (C=O) groups excluding carboxylic acids is 1. The number of anilines is 1. The maximum Gasteiger partial charge on any atom is 0.229 e. The zero-order valence-electron chi connectivity index (χ0n) is 14.5. The third-order valence-electron chi connectivity index (χ3n) is 5.06. The third-order valence-corrected chi connectivity index (χ3v) is 6.23. The van der Waals surface area contributed by atoms with Gasteiger partial charge in [-0.05, 0) is 47.5 Å². The van der Waals surface area contributed by atoms with Gasteiger partial charge >= 0.3 is 0 Å². The van der Waals surface area contributed by atoms with Gasteiger partial charge in [0.15, 0.2) is 5.65 Å². The molecule has 0 aliphatic carbocycles. The number of nitrogens with zero attached hydrogens (tertiary/aromatic N) is 4. The molecule has 0 aromatic carbocycles. The summed E-state index contributed by atoms with van der Waals surface area (Å²) in [5, 5.41) is 1.06. The van der Waals surface area contributed by atoms with E-state index in [0.717, 1.165) is 45.7 Å². The van der Waals surface area contributed by atoms with Crippen LogP contribution in [0.1, 0.15) is 11.3 Å². The number of halogens is 1. The van der Waals surface area contributed by atoms with Gasteiger partial charge < -0.3 is 14.5 Å². The highest BCUT2D eigenvalue weighted by Gasteiger charge is 2.36. The molecular weight excluding hydrogens is 384 g/mol. The van der Waals surface area contributed by atoms with Crippen molar-refractivity contribution in [2.24, 2.45) is 5.92 Å². The molecule has 0 unspecified atom stereocenters. The van der Waals surface area contributed by atoms with Gasteiger partial charge in [0.25, 0.3) is 0 Å². The normalized spacial score (nSPS) is 18.5. The highest BCUT2D eigenvalue weighted by molar-refractivity contribution is 9.10. The van der Waals surface area contributed by atoms with E-state index in [9.17, 15) is 4.79 Å². The molecule has 2 aliphatic rings. The topological polar surface area (TPSA) is 58.6 Å². The Kier molecular flexibility index (Phi) is 4.37. The van der Waals surface area contributed by atoms with Crippen molar-refractivity contribution < 1.29 is 9.53 Å². The average molecular weight is 405 g/mol. The maximum atomic E-state index is 12.5. The fourth-order valence-electron chi connectivity index (χ4n) is 3.45. The molecular formula is C18H21BrN4O2. The summed E-state index contributed by atoms with van der Waals surface area (Å²) in [6.07, 6.45) is 0. The number of aryl methyl sites for hydroxylation is 2. The molecule has 2 saturated heterocycles. The van der Waals surface area contributed by atoms with Gasteiger partial charge in [0.2, 0.25) is 5.91 Å². The molecule has 0 N–H and O–H groups in total. The number of rotatable bonds is 2. The molecule has 2 fully saturated rings. The van der Waals surface area contributed by atoms with Crippen molar-refractivity contribution in [3.05, 3.63) is 27.9 Å². The molecule has 0 bridgehead atoms. The number of carbonyl (C=O) groups is 1. The molecule has 1 amide bonds. The zero-order chi connectivity index (χ0) is 17.6. The molecule has 0 spiro atoms. The van der Waals surface area contributed by atoms with E-state index >= 15 is 0 Å². The fraction of sp³-hybridized carbons (Fsp3) is 0.500. The molecule has 0 radical (unpaired) electrons. The molecule has 2 aromatic rings. The first-order valence-corrected chi connectivity index (χ1v) is 9.39. The highest BCUT2D eigenvalue weighted by Crippen LogP contribution is 2.30. The first-order chi connectivity index (χ1) is 12.0. The number of amides is 1. The number of hydrogen-bond acceptors (Lipinski definition) is 5. The Morgan fingerprint density at radius 3 is 2.64 bits per heavy atom. The Morgan fingerprint density at radius 1 is 1.20 bits per heavy atom. The first kappa shape index (κ1) is 16.7. The van der Waals surface area contributed by atoms with E-state index in [1.54, 1.807) is 0 Å². The van der Waals surface area contributed by atoms with Crippen LogP contribution in [-0.4, -0.2) is 60.2 Å². The van der Waals surface area contributed by atoms with Crippen LogP contribution in [0.15, 0.2) is 16.6 Å². The number of ether oxygens (including phenoxy) is 1. The summed E-state index contributed by atoms with van der Waals surface area (Å²) in [4.78, 5) is 25.9. The fourth-order valence-corrected chi connectivity index (χ4v) is 3.76. The number of fused-ring (bicyclic) bond motifs is 1. The molecule has 4 rings (SSSR count). The molecule has 7 heteroatoms. The minimum Gasteiger partial charge on any atom is -0.378 e. The third kappa shape index (κ3) is 3.00. The number of pyridine rings is 2. The number of morpholine rings is 1. The Hall–Kier alpha value is -1.73. The van der Waals surface area contributed by atoms with Crippen LogP contribution < -0.4 is 4.90 Å². The van der Waals surface area contributed by atoms with Crippen molar-refractivity contribution in [3.63, 3.8) is 0 Å². The Balaban J connectivity index is 1.48. The van der Waals surface area contributed by atoms with Crippen LogP contribution in [0.3, 0.4) is 0 Å². The van der Waals surface area contributed by atoms with Crippen molar-refractivity contribution in [1.29, 1.82) is 0 Å². The quantitative estimate of drug-likeness (QED) is 0.768. The molecule has 6 nitrogen and oxygen atoms in total. The molecule has 25 heavy (non-hydrogen) atoms. The van der Waals surface area contributed by atoms with Crippen LogP contribution in [0.4, 0.5) is 5.82 Å². The summed E-state index contributed by atoms with van der Waals surface area (Å²) in [5.74, 6) is 1.21. The second kappa shape index (κ2) is 6.53. The Labute approximate surface area is 155 Å². The van der Waals surface area contributed by atoms with E-state index in [-0.39, 0.29) is 11.8 Å². The minimum atomic E-state index is 0.0666. The van der Waals surface area contributed by atoms with Crippen molar-refractivity contribution in [2.45, 2.75) is 13.8 Å². The van der Waals surface area contributed by atoms with Crippen molar-refractivity contribution in [1.82, 2.24) is 14.9 Å². The summed E-state index contributed by atoms with van der Waals surface area (Å²) >= 11 is 3.58. The van der Waals surface area contributed by atoms with Gasteiger partial charge in [0.1, 0.15) is 5.82 Å². The van der Waals surface area contributed by atoms with E-state index in [4.69, 9.17) is 9.72 Å². The van der Waals surface area contributed by atoms with Crippen LogP contribution in [0, 0.1) is 19.8 Å². The minimum absolute atomic E-state index is 0.0666. The van der Waals surface area contributed by atoms with Gasteiger partial charge in [-0.1, -0.05) is 0 Å². The lowest BCUT2D eigenvalue weighted by molar-refractivity contribution is -0.140. The van der Waals surface area contributed by atoms with Crippen molar-refractivity contribution >= 4 is 38.7 Å². The number of hydrogen-bond donors (Lipinski definition) is 0. The number of aromatic nitrogens is 2. The standard InChI is InChI=1S/C18H21BrN4O2/c1-11-14-3-4-15(21-17(14)20-12(2)16(11)19)23-9-13(10-23)18(24)22-5-7-25-8-6-22/h3-4,13H,5-10H2,1-2H3. The van der Waals surface area contributed by atoms with Gasteiger partial charge in [-0.15, -0.1) is 0 Å². The lowest BCUT2D eigenvalue weighted by Gasteiger charge is -2.42. The van der Waals surface area contributed by atoms with Crippen LogP contribution in [0.5, 0.6) is 0 Å². The smallest absolute Gasteiger partial charge is 0.229 e. The SMILES string of the molecule is Cc1nc2nc(N3CC(C(=O)N4CCOCC4)C3)ccc2c(C)c1Br. The summed E-state index contributed by atoms with van der Waals surface area (Å²) in [6, 6.07) is 4.09. The molecule has 2 aliphatic heterocycles. The Bertz CT molecular complexity index is 829. The zero-order valence-corrected chi connectivity index (χ0v) is 16.0. The first-order valence-electron chi connectivity index (χ1n) is 8.59. The van der Waals surface area contributed by atoms with Gasteiger partial charge in [0, 0.05) is 36.0 Å². The average Bonchev–Trinajstić information content (AvgIpc) is 2.59. The predicted molar refractivity (Wildman–Crippen MR) is 99.8 cm³/mol. The van der Waals surface area contributed by atoms with E-state index < -0.39 is 0 Å². The van der Waals surface area contributed by atoms with E-state index in [1.165, 1.54) is 0 Å². The molecule has 0 atom stereocenters. The monoisotopic (exact) mass is 404 g/mol. The van der Waals surface area contributed by atoms with E-state index in [1.807, 2.05) is 17.9 Å². The molecule has 2 aromatic heterocycles. The van der Waals surface area contributed by atoms with Crippen LogP contribution in [-0.2, 0) is 9.53 Å². The van der Waals surface area contributed by atoms with E-state index in [2.05, 4.69) is 38.8 Å². The summed E-state index contributed by atoms with van der Waals surface area (Å²) in [7, 11) is 0. The van der Waals surface area contributed by atoms with Crippen molar-refractivity contribution in [2.75, 3.05) is 44.3 Å². The second-order valence-electron chi connectivity index (χ2n) is 6.72. The second-order valence-corrected chi connectivity index (χ2v) is 7.51. The van der Waals surface area contributed by atoms with Gasteiger partial charge in [-0.25, -0.2) is 9.97 Å². The van der Waals surface area contributed by atoms with Crippen LogP contribution >= 0.6 is 15.9 Å². The van der Waals surface area contributed by atoms with Gasteiger partial charge in [-0.3, -0.25) is 4.79 Å². The van der Waals surface area contributed by atoms with Crippen LogP contribution in [0.2, 0.25) is 0 Å². The lowest BCUT2D eigenvalue weighted by atomic mass is 9.98. The van der Waals surface area contributed by atoms with Gasteiger partial charge in [-0.2, -0.15) is 0 Å². The molecule has 132 valence electrons. The molecule has 4 heterocycles. The summed E-state index contributed by atoms with van der Waals surface area (Å²) < 4.78 is 6.35. The van der Waals surface area contributed by atoms with Crippen molar-refractivity contribution in [3.8, 4) is 0 Å².